The van der Waals surface area contributed by atoms with Gasteiger partial charge in [0, 0.05) is 0 Å². The fraction of sp³-hybridized carbons (Fsp3) is 0.882. The first-order chi connectivity index (χ1) is 8.11. The van der Waals surface area contributed by atoms with Crippen LogP contribution in [0.2, 0.25) is 0 Å². The minimum absolute atomic E-state index is 0.734. The Balaban J connectivity index is 3.51. The maximum absolute atomic E-state index is 4.20. The second kappa shape index (κ2) is 10.9. The van der Waals surface area contributed by atoms with Crippen LogP contribution in [0.5, 0.6) is 0 Å². The van der Waals surface area contributed by atoms with E-state index in [0.29, 0.717) is 0 Å². The van der Waals surface area contributed by atoms with Crippen LogP contribution in [-0.2, 0) is 0 Å². The number of allylic oxidation sites excluding steroid dienone is 1. The van der Waals surface area contributed by atoms with Gasteiger partial charge < -0.3 is 0 Å². The summed E-state index contributed by atoms with van der Waals surface area (Å²) in [5.41, 5.74) is 1.46. The van der Waals surface area contributed by atoms with Crippen LogP contribution in [0.15, 0.2) is 12.2 Å². The molecule has 0 radical (unpaired) electrons. The van der Waals surface area contributed by atoms with Gasteiger partial charge in [0.25, 0.3) is 0 Å². The van der Waals surface area contributed by atoms with Crippen molar-refractivity contribution in [2.24, 2.45) is 11.8 Å². The van der Waals surface area contributed by atoms with E-state index in [1.165, 1.54) is 63.4 Å². The first-order valence-electron chi connectivity index (χ1n) is 7.79. The Bertz CT molecular complexity index is 180. The van der Waals surface area contributed by atoms with Crippen molar-refractivity contribution in [3.63, 3.8) is 0 Å². The smallest absolute Gasteiger partial charge is 0.0234 e. The van der Waals surface area contributed by atoms with E-state index in [9.17, 15) is 0 Å². The van der Waals surface area contributed by atoms with Gasteiger partial charge >= 0.3 is 0 Å². The molecule has 0 bridgehead atoms. The molecule has 0 saturated heterocycles. The van der Waals surface area contributed by atoms with Crippen LogP contribution >= 0.6 is 0 Å². The van der Waals surface area contributed by atoms with E-state index in [1.54, 1.807) is 0 Å². The average molecular weight is 238 g/mol. The summed E-state index contributed by atoms with van der Waals surface area (Å²) in [6.45, 7) is 13.5. The van der Waals surface area contributed by atoms with E-state index < -0.39 is 0 Å². The zero-order valence-electron chi connectivity index (χ0n) is 12.7. The lowest BCUT2D eigenvalue weighted by Gasteiger charge is -2.16. The van der Waals surface area contributed by atoms with Gasteiger partial charge in [-0.2, -0.15) is 0 Å². The number of hydrogen-bond acceptors (Lipinski definition) is 0. The fourth-order valence-corrected chi connectivity index (χ4v) is 2.43. The van der Waals surface area contributed by atoms with Crippen molar-refractivity contribution in [1.29, 1.82) is 0 Å². The molecule has 0 saturated carbocycles. The molecule has 2 unspecified atom stereocenters. The Morgan fingerprint density at radius 3 is 2.12 bits per heavy atom. The molecule has 0 spiro atoms. The molecule has 0 aliphatic heterocycles. The van der Waals surface area contributed by atoms with E-state index in [2.05, 4.69) is 34.3 Å². The first-order valence-corrected chi connectivity index (χ1v) is 7.79. The fourth-order valence-electron chi connectivity index (χ4n) is 2.43. The molecule has 0 aliphatic carbocycles. The summed E-state index contributed by atoms with van der Waals surface area (Å²) in [6, 6.07) is 0. The van der Waals surface area contributed by atoms with Gasteiger partial charge in [-0.05, 0) is 24.7 Å². The Hall–Kier alpha value is -0.260. The third-order valence-corrected chi connectivity index (χ3v) is 3.90. The summed E-state index contributed by atoms with van der Waals surface area (Å²) in [6.07, 6.45) is 12.2. The van der Waals surface area contributed by atoms with Gasteiger partial charge in [-0.15, -0.1) is 0 Å². The van der Waals surface area contributed by atoms with E-state index >= 15 is 0 Å². The predicted molar refractivity (Wildman–Crippen MR) is 80.4 cm³/mol. The highest BCUT2D eigenvalue weighted by Crippen LogP contribution is 2.23. The van der Waals surface area contributed by atoms with Crippen LogP contribution in [0.4, 0.5) is 0 Å². The SMILES string of the molecule is C=C(CCC)C(C)CCCC(C)CCCCC. The number of hydrogen-bond donors (Lipinski definition) is 0. The first kappa shape index (κ1) is 16.7. The number of rotatable bonds is 11. The molecule has 0 aromatic rings. The summed E-state index contributed by atoms with van der Waals surface area (Å²) in [5, 5.41) is 0. The van der Waals surface area contributed by atoms with Gasteiger partial charge in [0.2, 0.25) is 0 Å². The highest BCUT2D eigenvalue weighted by molar-refractivity contribution is 4.98. The Kier molecular flexibility index (Phi) is 10.7. The molecule has 0 heterocycles. The largest absolute Gasteiger partial charge is 0.0996 e. The second-order valence-corrected chi connectivity index (χ2v) is 5.84. The summed E-state index contributed by atoms with van der Waals surface area (Å²) in [5.74, 6) is 1.66. The molecule has 0 rings (SSSR count). The minimum Gasteiger partial charge on any atom is -0.0996 e. The van der Waals surface area contributed by atoms with Crippen molar-refractivity contribution < 1.29 is 0 Å². The maximum atomic E-state index is 4.20. The van der Waals surface area contributed by atoms with Crippen molar-refractivity contribution >= 4 is 0 Å². The second-order valence-electron chi connectivity index (χ2n) is 5.84. The van der Waals surface area contributed by atoms with Gasteiger partial charge in [0.1, 0.15) is 0 Å². The topological polar surface area (TPSA) is 0 Å². The normalized spacial score (nSPS) is 14.6. The van der Waals surface area contributed by atoms with Crippen molar-refractivity contribution in [3.05, 3.63) is 12.2 Å². The summed E-state index contributed by atoms with van der Waals surface area (Å²) in [4.78, 5) is 0. The molecule has 0 aromatic heterocycles. The molecule has 102 valence electrons. The molecule has 0 fully saturated rings. The lowest BCUT2D eigenvalue weighted by molar-refractivity contribution is 0.424. The standard InChI is InChI=1S/C17H34/c1-6-8-9-12-15(3)13-10-14-17(5)16(4)11-7-2/h15,17H,4,6-14H2,1-3,5H3. The van der Waals surface area contributed by atoms with Crippen molar-refractivity contribution in [3.8, 4) is 0 Å². The van der Waals surface area contributed by atoms with E-state index in [-0.39, 0.29) is 0 Å². The highest BCUT2D eigenvalue weighted by atomic mass is 14.1. The Morgan fingerprint density at radius 1 is 0.882 bits per heavy atom. The van der Waals surface area contributed by atoms with Gasteiger partial charge in [0.05, 0.1) is 0 Å². The molecular weight excluding hydrogens is 204 g/mol. The highest BCUT2D eigenvalue weighted by Gasteiger charge is 2.07. The third-order valence-electron chi connectivity index (χ3n) is 3.90. The van der Waals surface area contributed by atoms with Gasteiger partial charge in [-0.3, -0.25) is 0 Å². The van der Waals surface area contributed by atoms with E-state index in [0.717, 1.165) is 11.8 Å². The lowest BCUT2D eigenvalue weighted by Crippen LogP contribution is -2.01. The molecule has 0 heteroatoms. The average Bonchev–Trinajstić information content (AvgIpc) is 2.29. The minimum atomic E-state index is 0.734. The lowest BCUT2D eigenvalue weighted by atomic mass is 9.90. The van der Waals surface area contributed by atoms with Gasteiger partial charge in [-0.1, -0.05) is 84.8 Å². The van der Waals surface area contributed by atoms with Crippen LogP contribution in [0.3, 0.4) is 0 Å². The zero-order chi connectivity index (χ0) is 13.1. The predicted octanol–water partition coefficient (Wildman–Crippen LogP) is 6.37. The molecule has 0 aromatic carbocycles. The Morgan fingerprint density at radius 2 is 1.53 bits per heavy atom. The van der Waals surface area contributed by atoms with Crippen LogP contribution in [0.1, 0.15) is 85.5 Å². The summed E-state index contributed by atoms with van der Waals surface area (Å²) < 4.78 is 0. The van der Waals surface area contributed by atoms with Crippen LogP contribution < -0.4 is 0 Å². The van der Waals surface area contributed by atoms with Crippen molar-refractivity contribution in [2.45, 2.75) is 85.5 Å². The number of unbranched alkanes of at least 4 members (excludes halogenated alkanes) is 2. The molecule has 17 heavy (non-hydrogen) atoms. The molecule has 0 amide bonds. The van der Waals surface area contributed by atoms with E-state index in [1.807, 2.05) is 0 Å². The van der Waals surface area contributed by atoms with Crippen LogP contribution in [0.25, 0.3) is 0 Å². The monoisotopic (exact) mass is 238 g/mol. The molecule has 0 aliphatic rings. The van der Waals surface area contributed by atoms with Crippen molar-refractivity contribution in [1.82, 2.24) is 0 Å². The summed E-state index contributed by atoms with van der Waals surface area (Å²) in [7, 11) is 0. The third kappa shape index (κ3) is 9.44. The maximum Gasteiger partial charge on any atom is -0.0234 e. The van der Waals surface area contributed by atoms with Crippen LogP contribution in [-0.4, -0.2) is 0 Å². The van der Waals surface area contributed by atoms with Crippen LogP contribution in [0, 0.1) is 11.8 Å². The quantitative estimate of drug-likeness (QED) is 0.290. The van der Waals surface area contributed by atoms with E-state index in [4.69, 9.17) is 0 Å². The zero-order valence-corrected chi connectivity index (χ0v) is 12.7. The van der Waals surface area contributed by atoms with Crippen molar-refractivity contribution in [2.75, 3.05) is 0 Å². The van der Waals surface area contributed by atoms with Gasteiger partial charge in [0.15, 0.2) is 0 Å². The molecular formula is C17H34. The molecule has 0 nitrogen and oxygen atoms in total. The summed E-state index contributed by atoms with van der Waals surface area (Å²) >= 11 is 0. The molecule has 0 N–H and O–H groups in total. The molecule has 2 atom stereocenters. The Labute approximate surface area is 110 Å². The van der Waals surface area contributed by atoms with Gasteiger partial charge in [-0.25, -0.2) is 0 Å².